The van der Waals surface area contributed by atoms with Crippen LogP contribution in [0, 0.1) is 0 Å². The molecule has 2 aliphatic rings. The molecule has 4 rings (SSSR count). The van der Waals surface area contributed by atoms with Gasteiger partial charge in [0.25, 0.3) is 0 Å². The number of hydrogen-bond acceptors (Lipinski definition) is 5. The minimum absolute atomic E-state index is 0.0831. The fourth-order valence-electron chi connectivity index (χ4n) is 2.84. The van der Waals surface area contributed by atoms with Crippen molar-refractivity contribution in [2.45, 2.75) is 24.4 Å². The van der Waals surface area contributed by atoms with Crippen LogP contribution in [0.4, 0.5) is 0 Å². The van der Waals surface area contributed by atoms with E-state index in [1.54, 1.807) is 54.6 Å². The number of benzene rings is 2. The van der Waals surface area contributed by atoms with Crippen LogP contribution in [0.5, 0.6) is 0 Å². The van der Waals surface area contributed by atoms with E-state index in [-0.39, 0.29) is 12.2 Å². The maximum atomic E-state index is 12.3. The van der Waals surface area contributed by atoms with Crippen LogP contribution in [0.15, 0.2) is 72.8 Å². The fraction of sp³-hybridized carbons (Fsp3) is 0.200. The summed E-state index contributed by atoms with van der Waals surface area (Å²) < 4.78 is 16.6. The summed E-state index contributed by atoms with van der Waals surface area (Å²) in [7, 11) is 0. The van der Waals surface area contributed by atoms with Gasteiger partial charge in [0.2, 0.25) is 0 Å². The first kappa shape index (κ1) is 15.6. The van der Waals surface area contributed by atoms with E-state index in [4.69, 9.17) is 14.2 Å². The molecule has 1 heterocycles. The first-order valence-corrected chi connectivity index (χ1v) is 8.08. The Balaban J connectivity index is 1.48. The van der Waals surface area contributed by atoms with Gasteiger partial charge >= 0.3 is 11.9 Å². The number of ether oxygens (including phenoxy) is 3. The van der Waals surface area contributed by atoms with Gasteiger partial charge in [-0.15, -0.1) is 0 Å². The van der Waals surface area contributed by atoms with Gasteiger partial charge in [-0.1, -0.05) is 42.5 Å². The van der Waals surface area contributed by atoms with Crippen molar-refractivity contribution >= 4 is 11.9 Å². The lowest BCUT2D eigenvalue weighted by Crippen LogP contribution is -2.40. The molecule has 0 radical (unpaired) electrons. The van der Waals surface area contributed by atoms with Gasteiger partial charge in [0, 0.05) is 0 Å². The zero-order valence-electron chi connectivity index (χ0n) is 13.3. The summed E-state index contributed by atoms with van der Waals surface area (Å²) in [6.07, 6.45) is 1.87. The topological polar surface area (TPSA) is 65.1 Å². The van der Waals surface area contributed by atoms with Gasteiger partial charge in [-0.2, -0.15) is 0 Å². The lowest BCUT2D eigenvalue weighted by atomic mass is 10.0. The molecule has 0 spiro atoms. The highest BCUT2D eigenvalue weighted by atomic mass is 16.6. The van der Waals surface area contributed by atoms with E-state index in [1.165, 1.54) is 0 Å². The van der Waals surface area contributed by atoms with E-state index >= 15 is 0 Å². The summed E-state index contributed by atoms with van der Waals surface area (Å²) in [5.74, 6) is -0.925. The van der Waals surface area contributed by atoms with Crippen LogP contribution >= 0.6 is 0 Å². The maximum absolute atomic E-state index is 12.3. The molecule has 25 heavy (non-hydrogen) atoms. The Labute approximate surface area is 144 Å². The Bertz CT molecular complexity index is 799. The van der Waals surface area contributed by atoms with Crippen molar-refractivity contribution < 1.29 is 23.8 Å². The fourth-order valence-corrected chi connectivity index (χ4v) is 2.84. The number of esters is 2. The van der Waals surface area contributed by atoms with Crippen molar-refractivity contribution in [1.82, 2.24) is 0 Å². The van der Waals surface area contributed by atoms with E-state index in [0.29, 0.717) is 11.1 Å². The van der Waals surface area contributed by atoms with Crippen LogP contribution < -0.4 is 0 Å². The summed E-state index contributed by atoms with van der Waals surface area (Å²) in [5.41, 5.74) is 0.894. The molecule has 126 valence electrons. The molecule has 0 unspecified atom stereocenters. The number of fused-ring (bicyclic) bond motifs is 1. The molecule has 0 N–H and O–H groups in total. The monoisotopic (exact) mass is 336 g/mol. The number of rotatable bonds is 4. The lowest BCUT2D eigenvalue weighted by molar-refractivity contribution is -0.0299. The van der Waals surface area contributed by atoms with Crippen molar-refractivity contribution in [3.63, 3.8) is 0 Å². The first-order chi connectivity index (χ1) is 12.2. The average Bonchev–Trinajstić information content (AvgIpc) is 3.45. The SMILES string of the molecule is O=C(O[C@@H]1[C@H]2O[C@H]2C=C[C@@H]1OC(=O)c1ccccc1)c1ccccc1. The van der Waals surface area contributed by atoms with Crippen molar-refractivity contribution in [1.29, 1.82) is 0 Å². The molecule has 0 saturated carbocycles. The van der Waals surface area contributed by atoms with E-state index in [9.17, 15) is 9.59 Å². The highest BCUT2D eigenvalue weighted by Crippen LogP contribution is 2.36. The van der Waals surface area contributed by atoms with Gasteiger partial charge < -0.3 is 14.2 Å². The molecule has 2 aromatic carbocycles. The van der Waals surface area contributed by atoms with Gasteiger partial charge in [0.15, 0.2) is 12.2 Å². The summed E-state index contributed by atoms with van der Waals surface area (Å²) in [5, 5.41) is 0. The van der Waals surface area contributed by atoms with Crippen LogP contribution in [-0.4, -0.2) is 36.4 Å². The molecule has 1 fully saturated rings. The van der Waals surface area contributed by atoms with E-state index in [0.717, 1.165) is 0 Å². The van der Waals surface area contributed by atoms with E-state index < -0.39 is 24.1 Å². The molecule has 0 aromatic heterocycles. The summed E-state index contributed by atoms with van der Waals surface area (Å²) >= 11 is 0. The Kier molecular flexibility index (Phi) is 4.07. The third kappa shape index (κ3) is 3.32. The van der Waals surface area contributed by atoms with Gasteiger partial charge in [0.1, 0.15) is 12.2 Å². The zero-order valence-corrected chi connectivity index (χ0v) is 13.3. The van der Waals surface area contributed by atoms with Crippen molar-refractivity contribution in [2.75, 3.05) is 0 Å². The molecular weight excluding hydrogens is 320 g/mol. The quantitative estimate of drug-likeness (QED) is 0.488. The summed E-state index contributed by atoms with van der Waals surface area (Å²) in [4.78, 5) is 24.6. The molecule has 2 aromatic rings. The Morgan fingerprint density at radius 1 is 0.760 bits per heavy atom. The average molecular weight is 336 g/mol. The molecule has 5 heteroatoms. The second-order valence-electron chi connectivity index (χ2n) is 5.92. The number of carbonyl (C=O) groups excluding carboxylic acids is 2. The first-order valence-electron chi connectivity index (χ1n) is 8.08. The van der Waals surface area contributed by atoms with Gasteiger partial charge in [-0.3, -0.25) is 0 Å². The number of carbonyl (C=O) groups is 2. The van der Waals surface area contributed by atoms with E-state index in [2.05, 4.69) is 0 Å². The standard InChI is InChI=1S/C20H16O5/c21-19(13-7-3-1-4-8-13)24-16-12-11-15-17(23-15)18(16)25-20(22)14-9-5-2-6-10-14/h1-12,15-18H/t15-,16-,17-,18-/m0/s1. The van der Waals surface area contributed by atoms with Crippen molar-refractivity contribution in [3.05, 3.63) is 83.9 Å². The Morgan fingerprint density at radius 3 is 1.92 bits per heavy atom. The molecule has 4 atom stereocenters. The summed E-state index contributed by atoms with van der Waals surface area (Å²) in [6, 6.07) is 17.4. The largest absolute Gasteiger partial charge is 0.452 e. The highest BCUT2D eigenvalue weighted by Gasteiger charge is 2.52. The summed E-state index contributed by atoms with van der Waals surface area (Å²) in [6.45, 7) is 0. The predicted octanol–water partition coefficient (Wildman–Crippen LogP) is 2.77. The van der Waals surface area contributed by atoms with E-state index in [1.807, 2.05) is 18.2 Å². The van der Waals surface area contributed by atoms with Crippen molar-refractivity contribution in [2.24, 2.45) is 0 Å². The molecule has 0 amide bonds. The van der Waals surface area contributed by atoms with Crippen LogP contribution in [0.2, 0.25) is 0 Å². The van der Waals surface area contributed by atoms with Gasteiger partial charge in [0.05, 0.1) is 11.1 Å². The van der Waals surface area contributed by atoms with Crippen LogP contribution in [-0.2, 0) is 14.2 Å². The number of epoxide rings is 1. The Hall–Kier alpha value is -2.92. The predicted molar refractivity (Wildman–Crippen MR) is 89.1 cm³/mol. The van der Waals surface area contributed by atoms with Gasteiger partial charge in [-0.05, 0) is 30.3 Å². The maximum Gasteiger partial charge on any atom is 0.338 e. The normalized spacial score (nSPS) is 26.4. The van der Waals surface area contributed by atoms with Crippen LogP contribution in [0.25, 0.3) is 0 Å². The zero-order chi connectivity index (χ0) is 17.2. The third-order valence-electron chi connectivity index (χ3n) is 4.20. The minimum atomic E-state index is -0.677. The third-order valence-corrected chi connectivity index (χ3v) is 4.20. The molecule has 1 aliphatic heterocycles. The smallest absolute Gasteiger partial charge is 0.338 e. The Morgan fingerprint density at radius 2 is 1.32 bits per heavy atom. The lowest BCUT2D eigenvalue weighted by Gasteiger charge is -2.25. The highest BCUT2D eigenvalue weighted by molar-refractivity contribution is 5.90. The molecule has 1 aliphatic carbocycles. The molecule has 5 nitrogen and oxygen atoms in total. The second-order valence-corrected chi connectivity index (χ2v) is 5.92. The van der Waals surface area contributed by atoms with Crippen LogP contribution in [0.3, 0.4) is 0 Å². The van der Waals surface area contributed by atoms with Crippen molar-refractivity contribution in [3.8, 4) is 0 Å². The number of hydrogen-bond donors (Lipinski definition) is 0. The molecular formula is C20H16O5. The van der Waals surface area contributed by atoms with Crippen LogP contribution in [0.1, 0.15) is 20.7 Å². The minimum Gasteiger partial charge on any atom is -0.452 e. The molecule has 1 saturated heterocycles. The molecule has 0 bridgehead atoms. The van der Waals surface area contributed by atoms with Gasteiger partial charge in [-0.25, -0.2) is 9.59 Å². The second kappa shape index (κ2) is 6.53.